The Labute approximate surface area is 233 Å². The summed E-state index contributed by atoms with van der Waals surface area (Å²) in [6.45, 7) is 8.18. The maximum absolute atomic E-state index is 16.4. The molecule has 2 heterocycles. The summed E-state index contributed by atoms with van der Waals surface area (Å²) in [7, 11) is 3.95. The van der Waals surface area contributed by atoms with E-state index in [0.29, 0.717) is 49.4 Å². The molecule has 1 aliphatic rings. The number of benzene rings is 2. The normalized spacial score (nSPS) is 15.9. The van der Waals surface area contributed by atoms with Crippen molar-refractivity contribution >= 4 is 34.2 Å². The molecule has 2 aromatic carbocycles. The summed E-state index contributed by atoms with van der Waals surface area (Å²) in [5.74, 6) is -0.764. The fraction of sp³-hybridized carbons (Fsp3) is 0.483. The van der Waals surface area contributed by atoms with Crippen molar-refractivity contribution in [2.45, 2.75) is 46.1 Å². The lowest BCUT2D eigenvalue weighted by Gasteiger charge is -2.40. The number of hydrogen-bond acceptors (Lipinski definition) is 6. The first-order chi connectivity index (χ1) is 18.6. The summed E-state index contributed by atoms with van der Waals surface area (Å²) in [6.07, 6.45) is 2.08. The van der Waals surface area contributed by atoms with E-state index in [4.69, 9.17) is 16.3 Å². The van der Waals surface area contributed by atoms with E-state index in [9.17, 15) is 4.79 Å². The van der Waals surface area contributed by atoms with Crippen LogP contribution in [0.15, 0.2) is 24.3 Å². The third kappa shape index (κ3) is 6.25. The van der Waals surface area contributed by atoms with Crippen LogP contribution in [0.5, 0.6) is 6.01 Å². The van der Waals surface area contributed by atoms with Crippen LogP contribution in [-0.4, -0.2) is 78.6 Å². The van der Waals surface area contributed by atoms with E-state index in [-0.39, 0.29) is 39.6 Å². The number of hydrogen-bond donors (Lipinski definition) is 0. The SMILES string of the molecule is CCCc1cccc(F)c1-c1c(Cl)cc2c(N3CCN(C(C)=O)C(C)C3)nc(OCCCN(C)C)nc2c1F. The minimum absolute atomic E-state index is 0.00566. The molecule has 0 spiro atoms. The number of aryl methyl sites for hydroxylation is 1. The zero-order valence-electron chi connectivity index (χ0n) is 23.2. The monoisotopic (exact) mass is 559 g/mol. The molecule has 0 bridgehead atoms. The second kappa shape index (κ2) is 12.4. The third-order valence-electron chi connectivity index (χ3n) is 7.02. The lowest BCUT2D eigenvalue weighted by Crippen LogP contribution is -2.53. The van der Waals surface area contributed by atoms with Crippen LogP contribution in [0, 0.1) is 11.6 Å². The van der Waals surface area contributed by atoms with Crippen molar-refractivity contribution in [3.63, 3.8) is 0 Å². The highest BCUT2D eigenvalue weighted by Gasteiger charge is 2.30. The van der Waals surface area contributed by atoms with Crippen molar-refractivity contribution in [1.29, 1.82) is 0 Å². The predicted octanol–water partition coefficient (Wildman–Crippen LogP) is 5.57. The molecular weight excluding hydrogens is 524 g/mol. The minimum Gasteiger partial charge on any atom is -0.463 e. The van der Waals surface area contributed by atoms with Gasteiger partial charge < -0.3 is 19.4 Å². The van der Waals surface area contributed by atoms with Crippen molar-refractivity contribution in [2.24, 2.45) is 0 Å². The molecule has 39 heavy (non-hydrogen) atoms. The molecule has 0 radical (unpaired) electrons. The van der Waals surface area contributed by atoms with E-state index < -0.39 is 11.6 Å². The van der Waals surface area contributed by atoms with E-state index >= 15 is 8.78 Å². The van der Waals surface area contributed by atoms with Gasteiger partial charge in [0, 0.05) is 55.7 Å². The van der Waals surface area contributed by atoms with E-state index in [2.05, 4.69) is 9.97 Å². The fourth-order valence-corrected chi connectivity index (χ4v) is 5.47. The van der Waals surface area contributed by atoms with Crippen molar-refractivity contribution in [2.75, 3.05) is 51.8 Å². The zero-order valence-corrected chi connectivity index (χ0v) is 24.0. The van der Waals surface area contributed by atoms with Gasteiger partial charge in [-0.2, -0.15) is 9.97 Å². The van der Waals surface area contributed by atoms with Gasteiger partial charge in [-0.1, -0.05) is 37.1 Å². The number of carbonyl (C=O) groups excluding carboxylic acids is 1. The summed E-state index contributed by atoms with van der Waals surface area (Å²) in [5, 5.41) is 0.501. The summed E-state index contributed by atoms with van der Waals surface area (Å²) in [6, 6.07) is 6.33. The number of nitrogens with zero attached hydrogens (tertiary/aromatic N) is 5. The number of anilines is 1. The number of ether oxygens (including phenoxy) is 1. The van der Waals surface area contributed by atoms with E-state index in [1.807, 2.05) is 37.7 Å². The van der Waals surface area contributed by atoms with Crippen molar-refractivity contribution < 1.29 is 18.3 Å². The summed E-state index contributed by atoms with van der Waals surface area (Å²) in [4.78, 5) is 27.0. The minimum atomic E-state index is -0.711. The highest BCUT2D eigenvalue weighted by molar-refractivity contribution is 6.34. The average Bonchev–Trinajstić information content (AvgIpc) is 2.88. The first-order valence-electron chi connectivity index (χ1n) is 13.4. The molecule has 1 saturated heterocycles. The second-order valence-electron chi connectivity index (χ2n) is 10.3. The van der Waals surface area contributed by atoms with Gasteiger partial charge >= 0.3 is 6.01 Å². The number of piperazine rings is 1. The van der Waals surface area contributed by atoms with Gasteiger partial charge in [-0.15, -0.1) is 0 Å². The molecule has 4 rings (SSSR count). The Balaban J connectivity index is 1.85. The Bertz CT molecular complexity index is 1350. The molecule has 10 heteroatoms. The van der Waals surface area contributed by atoms with Gasteiger partial charge in [-0.25, -0.2) is 8.78 Å². The molecule has 1 amide bonds. The molecule has 1 unspecified atom stereocenters. The number of rotatable bonds is 9. The fourth-order valence-electron chi connectivity index (χ4n) is 5.18. The van der Waals surface area contributed by atoms with Crippen LogP contribution < -0.4 is 9.64 Å². The number of carbonyl (C=O) groups is 1. The molecule has 3 aromatic rings. The highest BCUT2D eigenvalue weighted by atomic mass is 35.5. The quantitative estimate of drug-likeness (QED) is 0.320. The molecule has 1 fully saturated rings. The number of fused-ring (bicyclic) bond motifs is 1. The molecule has 0 saturated carbocycles. The molecule has 1 aromatic heterocycles. The Kier molecular flexibility index (Phi) is 9.23. The predicted molar refractivity (Wildman–Crippen MR) is 152 cm³/mol. The first kappa shape index (κ1) is 29.0. The topological polar surface area (TPSA) is 61.8 Å². The lowest BCUT2D eigenvalue weighted by molar-refractivity contribution is -0.131. The van der Waals surface area contributed by atoms with Gasteiger partial charge in [0.05, 0.1) is 11.6 Å². The van der Waals surface area contributed by atoms with Gasteiger partial charge in [0.1, 0.15) is 17.2 Å². The molecule has 1 aliphatic heterocycles. The summed E-state index contributed by atoms with van der Waals surface area (Å²) in [5.41, 5.74) is 0.848. The largest absolute Gasteiger partial charge is 0.463 e. The molecule has 0 N–H and O–H groups in total. The molecular formula is C29H36ClF2N5O2. The van der Waals surface area contributed by atoms with Gasteiger partial charge in [-0.3, -0.25) is 4.79 Å². The number of aromatic nitrogens is 2. The van der Waals surface area contributed by atoms with Gasteiger partial charge in [-0.05, 0) is 51.6 Å². The highest BCUT2D eigenvalue weighted by Crippen LogP contribution is 2.41. The van der Waals surface area contributed by atoms with Gasteiger partial charge in [0.2, 0.25) is 5.91 Å². The van der Waals surface area contributed by atoms with Crippen LogP contribution in [0.1, 0.15) is 39.2 Å². The summed E-state index contributed by atoms with van der Waals surface area (Å²) < 4.78 is 37.4. The van der Waals surface area contributed by atoms with E-state index in [1.165, 1.54) is 6.07 Å². The third-order valence-corrected chi connectivity index (χ3v) is 7.32. The first-order valence-corrected chi connectivity index (χ1v) is 13.8. The zero-order chi connectivity index (χ0) is 28.3. The van der Waals surface area contributed by atoms with Crippen LogP contribution in [-0.2, 0) is 11.2 Å². The molecule has 0 aliphatic carbocycles. The van der Waals surface area contributed by atoms with Gasteiger partial charge in [0.25, 0.3) is 0 Å². The average molecular weight is 560 g/mol. The maximum Gasteiger partial charge on any atom is 0.319 e. The Morgan fingerprint density at radius 2 is 1.97 bits per heavy atom. The summed E-state index contributed by atoms with van der Waals surface area (Å²) >= 11 is 6.69. The van der Waals surface area contributed by atoms with Crippen LogP contribution in [0.25, 0.3) is 22.0 Å². The van der Waals surface area contributed by atoms with E-state index in [1.54, 1.807) is 30.0 Å². The van der Waals surface area contributed by atoms with Crippen molar-refractivity contribution in [3.05, 3.63) is 46.5 Å². The lowest BCUT2D eigenvalue weighted by atomic mass is 9.94. The van der Waals surface area contributed by atoms with Crippen LogP contribution in [0.4, 0.5) is 14.6 Å². The standard InChI is InChI=1S/C29H36ClF2N5O2/c1-6-9-20-10-7-11-23(31)24(20)25-22(30)16-21-27(26(25)32)33-29(39-15-8-12-35(4)5)34-28(21)36-13-14-37(19(3)38)18(2)17-36/h7,10-11,16,18H,6,8-9,12-15,17H2,1-5H3. The molecule has 1 atom stereocenters. The maximum atomic E-state index is 16.4. The van der Waals surface area contributed by atoms with Crippen molar-refractivity contribution in [3.8, 4) is 17.1 Å². The second-order valence-corrected chi connectivity index (χ2v) is 10.7. The Morgan fingerprint density at radius 1 is 1.21 bits per heavy atom. The number of halogens is 3. The van der Waals surface area contributed by atoms with Crippen LogP contribution in [0.3, 0.4) is 0 Å². The van der Waals surface area contributed by atoms with Crippen LogP contribution >= 0.6 is 11.6 Å². The van der Waals surface area contributed by atoms with Gasteiger partial charge in [0.15, 0.2) is 5.82 Å². The molecule has 7 nitrogen and oxygen atoms in total. The van der Waals surface area contributed by atoms with Crippen molar-refractivity contribution in [1.82, 2.24) is 19.8 Å². The Hall–Kier alpha value is -3.04. The van der Waals surface area contributed by atoms with Crippen LogP contribution in [0.2, 0.25) is 5.02 Å². The molecule has 210 valence electrons. The van der Waals surface area contributed by atoms with E-state index in [0.717, 1.165) is 19.4 Å². The number of amides is 1. The Morgan fingerprint density at radius 3 is 2.64 bits per heavy atom. The smallest absolute Gasteiger partial charge is 0.319 e.